The number of phenolic OH excluding ortho intramolecular Hbond substituents is 1. The quantitative estimate of drug-likeness (QED) is 0.134. The molecule has 0 aliphatic rings. The van der Waals surface area contributed by atoms with Gasteiger partial charge in [0, 0.05) is 19.8 Å². The van der Waals surface area contributed by atoms with Crippen molar-refractivity contribution < 1.29 is 33.9 Å². The highest BCUT2D eigenvalue weighted by Gasteiger charge is 2.27. The number of benzene rings is 2. The van der Waals surface area contributed by atoms with E-state index in [4.69, 9.17) is 5.73 Å². The van der Waals surface area contributed by atoms with Gasteiger partial charge in [-0.15, -0.1) is 0 Å². The Morgan fingerprint density at radius 2 is 1.26 bits per heavy atom. The standard InChI is InChI=1S/C30H40N6O7/c1-18(2)13-23(28(31)41)36-30(43)25(14-20-7-5-4-6-8-20)35-27(40)17-32-26(39)16-33-29(42)24(34-19(3)37)15-21-9-11-22(38)12-10-21/h4-12,18,23-25,38H,13-17H2,1-3H3,(H2,31,41)(H,32,39)(H,33,42)(H,34,37)(H,35,40)(H,36,43). The van der Waals surface area contributed by atoms with Crippen LogP contribution in [0.1, 0.15) is 38.3 Å². The van der Waals surface area contributed by atoms with Gasteiger partial charge in [0.05, 0.1) is 13.1 Å². The van der Waals surface area contributed by atoms with Crippen molar-refractivity contribution in [2.75, 3.05) is 13.1 Å². The van der Waals surface area contributed by atoms with Gasteiger partial charge in [0.25, 0.3) is 0 Å². The molecule has 2 aromatic rings. The molecule has 0 radical (unpaired) electrons. The average Bonchev–Trinajstić information content (AvgIpc) is 2.94. The Kier molecular flexibility index (Phi) is 13.6. The van der Waals surface area contributed by atoms with Crippen LogP contribution in [0.25, 0.3) is 0 Å². The van der Waals surface area contributed by atoms with E-state index in [9.17, 15) is 33.9 Å². The molecule has 43 heavy (non-hydrogen) atoms. The summed E-state index contributed by atoms with van der Waals surface area (Å²) in [4.78, 5) is 74.3. The molecule has 0 bridgehead atoms. The van der Waals surface area contributed by atoms with Gasteiger partial charge in [0.15, 0.2) is 0 Å². The lowest BCUT2D eigenvalue weighted by atomic mass is 10.0. The van der Waals surface area contributed by atoms with Gasteiger partial charge >= 0.3 is 0 Å². The molecule has 0 saturated heterocycles. The van der Waals surface area contributed by atoms with Crippen LogP contribution in [0.4, 0.5) is 0 Å². The first kappa shape index (κ1) is 34.3. The number of hydrogen-bond donors (Lipinski definition) is 7. The zero-order valence-electron chi connectivity index (χ0n) is 24.5. The van der Waals surface area contributed by atoms with Gasteiger partial charge in [-0.2, -0.15) is 0 Å². The minimum atomic E-state index is -1.06. The van der Waals surface area contributed by atoms with Gasteiger partial charge in [0.1, 0.15) is 23.9 Å². The Hall–Kier alpha value is -4.94. The van der Waals surface area contributed by atoms with E-state index in [-0.39, 0.29) is 24.5 Å². The fourth-order valence-corrected chi connectivity index (χ4v) is 4.15. The van der Waals surface area contributed by atoms with Crippen LogP contribution >= 0.6 is 0 Å². The van der Waals surface area contributed by atoms with Crippen molar-refractivity contribution in [2.24, 2.45) is 11.7 Å². The average molecular weight is 597 g/mol. The van der Waals surface area contributed by atoms with E-state index in [1.807, 2.05) is 19.9 Å². The smallest absolute Gasteiger partial charge is 0.243 e. The molecule has 0 fully saturated rings. The van der Waals surface area contributed by atoms with Crippen molar-refractivity contribution in [1.29, 1.82) is 0 Å². The van der Waals surface area contributed by atoms with Gasteiger partial charge in [-0.25, -0.2) is 0 Å². The molecule has 13 heteroatoms. The second kappa shape index (κ2) is 17.1. The topological polar surface area (TPSA) is 209 Å². The van der Waals surface area contributed by atoms with E-state index in [0.29, 0.717) is 12.0 Å². The van der Waals surface area contributed by atoms with Crippen LogP contribution in [0.5, 0.6) is 5.75 Å². The minimum absolute atomic E-state index is 0.0537. The van der Waals surface area contributed by atoms with Crippen molar-refractivity contribution in [1.82, 2.24) is 26.6 Å². The molecular formula is C30H40N6O7. The first-order chi connectivity index (χ1) is 20.3. The van der Waals surface area contributed by atoms with Crippen molar-refractivity contribution in [3.05, 3.63) is 65.7 Å². The molecule has 0 heterocycles. The second-order valence-corrected chi connectivity index (χ2v) is 10.5. The summed E-state index contributed by atoms with van der Waals surface area (Å²) in [6.45, 7) is 4.06. The Morgan fingerprint density at radius 3 is 1.81 bits per heavy atom. The Labute approximate surface area is 250 Å². The fourth-order valence-electron chi connectivity index (χ4n) is 4.15. The van der Waals surface area contributed by atoms with Crippen LogP contribution < -0.4 is 32.3 Å². The molecule has 0 saturated carbocycles. The van der Waals surface area contributed by atoms with Crippen LogP contribution in [-0.2, 0) is 41.6 Å². The molecule has 232 valence electrons. The number of nitrogens with one attached hydrogen (secondary N) is 5. The number of amides is 6. The van der Waals surface area contributed by atoms with E-state index in [1.54, 1.807) is 36.4 Å². The third-order valence-corrected chi connectivity index (χ3v) is 6.24. The summed E-state index contributed by atoms with van der Waals surface area (Å²) in [5, 5.41) is 22.0. The third kappa shape index (κ3) is 13.1. The summed E-state index contributed by atoms with van der Waals surface area (Å²) >= 11 is 0. The van der Waals surface area contributed by atoms with Crippen LogP contribution in [0.15, 0.2) is 54.6 Å². The highest BCUT2D eigenvalue weighted by atomic mass is 16.3. The van der Waals surface area contributed by atoms with Crippen molar-refractivity contribution in [2.45, 2.75) is 58.2 Å². The fraction of sp³-hybridized carbons (Fsp3) is 0.400. The molecule has 3 atom stereocenters. The van der Waals surface area contributed by atoms with Crippen LogP contribution in [-0.4, -0.2) is 71.8 Å². The molecule has 8 N–H and O–H groups in total. The van der Waals surface area contributed by atoms with Crippen LogP contribution in [0.2, 0.25) is 0 Å². The molecular weight excluding hydrogens is 556 g/mol. The molecule has 13 nitrogen and oxygen atoms in total. The molecule has 2 rings (SSSR count). The maximum Gasteiger partial charge on any atom is 0.243 e. The molecule has 0 aromatic heterocycles. The number of aromatic hydroxyl groups is 1. The number of hydrogen-bond acceptors (Lipinski definition) is 7. The van der Waals surface area contributed by atoms with Gasteiger partial charge < -0.3 is 37.4 Å². The van der Waals surface area contributed by atoms with E-state index >= 15 is 0 Å². The maximum atomic E-state index is 13.1. The summed E-state index contributed by atoms with van der Waals surface area (Å²) in [7, 11) is 0. The zero-order valence-corrected chi connectivity index (χ0v) is 24.5. The van der Waals surface area contributed by atoms with Crippen LogP contribution in [0.3, 0.4) is 0 Å². The number of carbonyl (C=O) groups excluding carboxylic acids is 6. The first-order valence-electron chi connectivity index (χ1n) is 13.9. The van der Waals surface area contributed by atoms with Crippen molar-refractivity contribution >= 4 is 35.4 Å². The van der Waals surface area contributed by atoms with E-state index in [1.165, 1.54) is 19.1 Å². The second-order valence-electron chi connectivity index (χ2n) is 10.5. The van der Waals surface area contributed by atoms with Crippen molar-refractivity contribution in [3.63, 3.8) is 0 Å². The molecule has 0 spiro atoms. The summed E-state index contributed by atoms with van der Waals surface area (Å²) in [6.07, 6.45) is 0.572. The van der Waals surface area contributed by atoms with Gasteiger partial charge in [-0.05, 0) is 35.6 Å². The molecule has 3 unspecified atom stereocenters. The number of primary amides is 1. The monoisotopic (exact) mass is 596 g/mol. The third-order valence-electron chi connectivity index (χ3n) is 6.24. The van der Waals surface area contributed by atoms with Crippen LogP contribution in [0, 0.1) is 5.92 Å². The first-order valence-corrected chi connectivity index (χ1v) is 13.9. The van der Waals surface area contributed by atoms with Gasteiger partial charge in [-0.1, -0.05) is 56.3 Å². The Morgan fingerprint density at radius 1 is 0.698 bits per heavy atom. The highest BCUT2D eigenvalue weighted by molar-refractivity contribution is 5.94. The van der Waals surface area contributed by atoms with Crippen molar-refractivity contribution in [3.8, 4) is 5.75 Å². The van der Waals surface area contributed by atoms with E-state index in [2.05, 4.69) is 26.6 Å². The Bertz CT molecular complexity index is 1270. The highest BCUT2D eigenvalue weighted by Crippen LogP contribution is 2.12. The number of rotatable bonds is 16. The number of nitrogens with two attached hydrogens (primary N) is 1. The Balaban J connectivity index is 1.95. The predicted molar refractivity (Wildman–Crippen MR) is 158 cm³/mol. The normalized spacial score (nSPS) is 12.7. The SMILES string of the molecule is CC(=O)NC(Cc1ccc(O)cc1)C(=O)NCC(=O)NCC(=O)NC(Cc1ccccc1)C(=O)NC(CC(C)C)C(N)=O. The number of carbonyl (C=O) groups is 6. The molecule has 0 aliphatic heterocycles. The zero-order chi connectivity index (χ0) is 31.9. The summed E-state index contributed by atoms with van der Waals surface area (Å²) in [6, 6.07) is 12.1. The summed E-state index contributed by atoms with van der Waals surface area (Å²) < 4.78 is 0. The van der Waals surface area contributed by atoms with Gasteiger partial charge in [-0.3, -0.25) is 28.8 Å². The van der Waals surface area contributed by atoms with Gasteiger partial charge in [0.2, 0.25) is 35.4 Å². The lowest BCUT2D eigenvalue weighted by Crippen LogP contribution is -2.55. The minimum Gasteiger partial charge on any atom is -0.508 e. The van der Waals surface area contributed by atoms with E-state index in [0.717, 1.165) is 5.56 Å². The molecule has 0 aliphatic carbocycles. The molecule has 6 amide bonds. The summed E-state index contributed by atoms with van der Waals surface area (Å²) in [5.41, 5.74) is 6.89. The largest absolute Gasteiger partial charge is 0.508 e. The lowest BCUT2D eigenvalue weighted by molar-refractivity contribution is -0.132. The maximum absolute atomic E-state index is 13.1. The predicted octanol–water partition coefficient (Wildman–Crippen LogP) is -0.584. The lowest BCUT2D eigenvalue weighted by Gasteiger charge is -2.23. The summed E-state index contributed by atoms with van der Waals surface area (Å²) in [5.74, 6) is -3.56. The molecule has 2 aromatic carbocycles. The number of phenols is 1. The van der Waals surface area contributed by atoms with E-state index < -0.39 is 66.7 Å².